The molecule has 1 aliphatic heterocycles. The van der Waals surface area contributed by atoms with Gasteiger partial charge in [-0.05, 0) is 64.1 Å². The average Bonchev–Trinajstić information content (AvgIpc) is 2.48. The van der Waals surface area contributed by atoms with Crippen LogP contribution >= 0.6 is 15.9 Å². The van der Waals surface area contributed by atoms with Gasteiger partial charge in [-0.2, -0.15) is 0 Å². The molecular formula is C17H16BrNO2. The molecule has 2 aromatic carbocycles. The van der Waals surface area contributed by atoms with E-state index in [2.05, 4.69) is 40.0 Å². The third kappa shape index (κ3) is 1.75. The number of aromatic hydroxyl groups is 2. The van der Waals surface area contributed by atoms with E-state index in [1.165, 1.54) is 11.1 Å². The minimum absolute atomic E-state index is 0.0144. The molecular weight excluding hydrogens is 330 g/mol. The molecule has 2 N–H and O–H groups in total. The fourth-order valence-electron chi connectivity index (χ4n) is 3.72. The number of hydrogen-bond donors (Lipinski definition) is 2. The average molecular weight is 346 g/mol. The van der Waals surface area contributed by atoms with Crippen molar-refractivity contribution in [1.29, 1.82) is 0 Å². The zero-order chi connectivity index (χ0) is 14.7. The number of likely N-dealkylation sites (N-methyl/N-ethyl adjacent to an activating group) is 1. The molecule has 1 heterocycles. The van der Waals surface area contributed by atoms with Gasteiger partial charge in [0.25, 0.3) is 0 Å². The minimum Gasteiger partial charge on any atom is -0.504 e. The van der Waals surface area contributed by atoms with Gasteiger partial charge >= 0.3 is 0 Å². The highest BCUT2D eigenvalue weighted by molar-refractivity contribution is 9.10. The van der Waals surface area contributed by atoms with Crippen LogP contribution in [0.15, 0.2) is 28.7 Å². The molecule has 0 aromatic heterocycles. The fraction of sp³-hybridized carbons (Fsp3) is 0.294. The number of phenolic OH excluding ortho intramolecular Hbond substituents is 2. The highest BCUT2D eigenvalue weighted by Gasteiger charge is 2.34. The lowest BCUT2D eigenvalue weighted by Gasteiger charge is -2.40. The second kappa shape index (κ2) is 4.49. The van der Waals surface area contributed by atoms with E-state index in [4.69, 9.17) is 0 Å². The monoisotopic (exact) mass is 345 g/mol. The fourth-order valence-corrected chi connectivity index (χ4v) is 4.18. The van der Waals surface area contributed by atoms with Crippen LogP contribution in [0.1, 0.15) is 22.7 Å². The Morgan fingerprint density at radius 3 is 2.81 bits per heavy atom. The summed E-state index contributed by atoms with van der Waals surface area (Å²) >= 11 is 3.33. The molecule has 1 aliphatic carbocycles. The molecule has 0 fully saturated rings. The van der Waals surface area contributed by atoms with E-state index in [0.717, 1.165) is 36.1 Å². The predicted octanol–water partition coefficient (Wildman–Crippen LogP) is 3.61. The maximum absolute atomic E-state index is 10.4. The summed E-state index contributed by atoms with van der Waals surface area (Å²) < 4.78 is 0.553. The van der Waals surface area contributed by atoms with Crippen LogP contribution < -0.4 is 0 Å². The second-order valence-corrected chi connectivity index (χ2v) is 6.77. The first-order valence-electron chi connectivity index (χ1n) is 7.13. The molecule has 1 atom stereocenters. The van der Waals surface area contributed by atoms with Crippen molar-refractivity contribution in [2.24, 2.45) is 0 Å². The van der Waals surface area contributed by atoms with Gasteiger partial charge in [0, 0.05) is 18.2 Å². The summed E-state index contributed by atoms with van der Waals surface area (Å²) in [5, 5.41) is 20.5. The Kier molecular flexibility index (Phi) is 2.81. The molecule has 3 nitrogen and oxygen atoms in total. The van der Waals surface area contributed by atoms with Crippen LogP contribution in [0.2, 0.25) is 0 Å². The molecule has 0 saturated heterocycles. The van der Waals surface area contributed by atoms with E-state index >= 15 is 0 Å². The Morgan fingerprint density at radius 2 is 2.00 bits per heavy atom. The van der Waals surface area contributed by atoms with Gasteiger partial charge < -0.3 is 10.2 Å². The Hall–Kier alpha value is -1.52. The lowest BCUT2D eigenvalue weighted by molar-refractivity contribution is 0.228. The molecule has 2 aliphatic rings. The Labute approximate surface area is 132 Å². The quantitative estimate of drug-likeness (QED) is 0.717. The molecule has 0 amide bonds. The number of fused-ring (bicyclic) bond motifs is 2. The second-order valence-electron chi connectivity index (χ2n) is 5.92. The topological polar surface area (TPSA) is 43.7 Å². The van der Waals surface area contributed by atoms with Gasteiger partial charge in [0.2, 0.25) is 0 Å². The van der Waals surface area contributed by atoms with Crippen molar-refractivity contribution in [2.45, 2.75) is 18.9 Å². The van der Waals surface area contributed by atoms with Gasteiger partial charge in [0.05, 0.1) is 4.47 Å². The summed E-state index contributed by atoms with van der Waals surface area (Å²) in [7, 11) is 2.16. The van der Waals surface area contributed by atoms with Gasteiger partial charge in [-0.25, -0.2) is 0 Å². The van der Waals surface area contributed by atoms with Crippen molar-refractivity contribution >= 4 is 15.9 Å². The molecule has 0 bridgehead atoms. The largest absolute Gasteiger partial charge is 0.504 e. The third-order valence-corrected chi connectivity index (χ3v) is 5.39. The van der Waals surface area contributed by atoms with Crippen LogP contribution in [0.25, 0.3) is 11.1 Å². The Bertz CT molecular complexity index is 757. The van der Waals surface area contributed by atoms with E-state index in [1.54, 1.807) is 0 Å². The van der Waals surface area contributed by atoms with Gasteiger partial charge in [-0.1, -0.05) is 18.2 Å². The summed E-state index contributed by atoms with van der Waals surface area (Å²) in [6, 6.07) is 8.57. The van der Waals surface area contributed by atoms with Crippen LogP contribution in [0.3, 0.4) is 0 Å². The van der Waals surface area contributed by atoms with Gasteiger partial charge in [0.1, 0.15) is 0 Å². The molecule has 0 saturated carbocycles. The smallest absolute Gasteiger partial charge is 0.172 e. The highest BCUT2D eigenvalue weighted by Crippen LogP contribution is 2.51. The van der Waals surface area contributed by atoms with E-state index in [-0.39, 0.29) is 11.5 Å². The van der Waals surface area contributed by atoms with Crippen LogP contribution in [0.5, 0.6) is 11.5 Å². The van der Waals surface area contributed by atoms with E-state index < -0.39 is 0 Å². The van der Waals surface area contributed by atoms with Crippen molar-refractivity contribution in [3.8, 4) is 22.6 Å². The van der Waals surface area contributed by atoms with Crippen LogP contribution in [0.4, 0.5) is 0 Å². The molecule has 4 heteroatoms. The highest BCUT2D eigenvalue weighted by atomic mass is 79.9. The van der Waals surface area contributed by atoms with E-state index in [0.29, 0.717) is 10.5 Å². The normalized spacial score (nSPS) is 20.0. The minimum atomic E-state index is -0.0750. The standard InChI is InChI=1S/C17H16BrNO2/c1-19-6-5-9-3-2-4-11-14(9)13(19)8-10-7-12(18)16(20)17(21)15(10)11/h2-4,7,13,20-21H,5-6,8H2,1H3. The van der Waals surface area contributed by atoms with Crippen molar-refractivity contribution in [1.82, 2.24) is 4.90 Å². The van der Waals surface area contributed by atoms with Crippen LogP contribution in [0, 0.1) is 0 Å². The predicted molar refractivity (Wildman–Crippen MR) is 85.7 cm³/mol. The summed E-state index contributed by atoms with van der Waals surface area (Å²) in [4.78, 5) is 2.38. The van der Waals surface area contributed by atoms with Crippen molar-refractivity contribution in [3.05, 3.63) is 45.4 Å². The van der Waals surface area contributed by atoms with Crippen LogP contribution in [-0.2, 0) is 12.8 Å². The number of hydrogen-bond acceptors (Lipinski definition) is 3. The maximum atomic E-state index is 10.4. The molecule has 0 radical (unpaired) electrons. The molecule has 4 rings (SSSR count). The Morgan fingerprint density at radius 1 is 1.19 bits per heavy atom. The molecule has 21 heavy (non-hydrogen) atoms. The van der Waals surface area contributed by atoms with Crippen LogP contribution in [-0.4, -0.2) is 28.7 Å². The maximum Gasteiger partial charge on any atom is 0.172 e. The van der Waals surface area contributed by atoms with Crippen molar-refractivity contribution in [3.63, 3.8) is 0 Å². The number of rotatable bonds is 0. The summed E-state index contributed by atoms with van der Waals surface area (Å²) in [6.45, 7) is 1.06. The molecule has 2 aromatic rings. The van der Waals surface area contributed by atoms with Crippen molar-refractivity contribution < 1.29 is 10.2 Å². The van der Waals surface area contributed by atoms with Crippen molar-refractivity contribution in [2.75, 3.05) is 13.6 Å². The number of nitrogens with zero attached hydrogens (tertiary/aromatic N) is 1. The number of phenols is 2. The summed E-state index contributed by atoms with van der Waals surface area (Å²) in [5.41, 5.74) is 5.61. The van der Waals surface area contributed by atoms with E-state index in [1.807, 2.05) is 12.1 Å². The first-order chi connectivity index (χ1) is 10.1. The lowest BCUT2D eigenvalue weighted by Crippen LogP contribution is -2.35. The number of benzene rings is 2. The first-order valence-corrected chi connectivity index (χ1v) is 7.93. The van der Waals surface area contributed by atoms with Gasteiger partial charge in [-0.15, -0.1) is 0 Å². The molecule has 1 unspecified atom stereocenters. The lowest BCUT2D eigenvalue weighted by atomic mass is 9.77. The van der Waals surface area contributed by atoms with E-state index in [9.17, 15) is 10.2 Å². The number of halogens is 1. The third-order valence-electron chi connectivity index (χ3n) is 4.79. The summed E-state index contributed by atoms with van der Waals surface area (Å²) in [5.74, 6) is -0.0894. The SMILES string of the molecule is CN1CCc2cccc3c2C1Cc1cc(Br)c(O)c(O)c1-3. The molecule has 0 spiro atoms. The first kappa shape index (κ1) is 13.2. The van der Waals surface area contributed by atoms with Gasteiger partial charge in [-0.3, -0.25) is 4.90 Å². The summed E-state index contributed by atoms with van der Waals surface area (Å²) in [6.07, 6.45) is 1.90. The zero-order valence-electron chi connectivity index (χ0n) is 11.7. The van der Waals surface area contributed by atoms with Gasteiger partial charge in [0.15, 0.2) is 11.5 Å². The molecule has 108 valence electrons. The zero-order valence-corrected chi connectivity index (χ0v) is 13.3. The Balaban J connectivity index is 2.06.